The Hall–Kier alpha value is -1.06. The molecule has 2 atom stereocenters. The number of ether oxygens (including phenoxy) is 1. The monoisotopic (exact) mass is 300 g/mol. The number of hydrogen-bond acceptors (Lipinski definition) is 3. The highest BCUT2D eigenvalue weighted by atomic mass is 16.5. The smallest absolute Gasteiger partial charge is 0.312 e. The van der Waals surface area contributed by atoms with Crippen LogP contribution in [0.2, 0.25) is 0 Å². The summed E-state index contributed by atoms with van der Waals surface area (Å²) in [6.45, 7) is 10.2. The number of carbonyl (C=O) groups is 2. The van der Waals surface area contributed by atoms with Crippen molar-refractivity contribution in [3.05, 3.63) is 0 Å². The SMILES string of the molecule is CCCCOC(=O)C(CCCC)(CC(C)C)C(C)C(=O)O. The van der Waals surface area contributed by atoms with Gasteiger partial charge in [-0.3, -0.25) is 9.59 Å². The molecule has 0 amide bonds. The fourth-order valence-electron chi connectivity index (χ4n) is 2.77. The Balaban J connectivity index is 5.31. The third kappa shape index (κ3) is 6.06. The zero-order valence-corrected chi connectivity index (χ0v) is 14.3. The zero-order valence-electron chi connectivity index (χ0n) is 14.3. The van der Waals surface area contributed by atoms with Crippen molar-refractivity contribution in [3.8, 4) is 0 Å². The van der Waals surface area contributed by atoms with Crippen molar-refractivity contribution >= 4 is 11.9 Å². The van der Waals surface area contributed by atoms with Crippen molar-refractivity contribution in [1.82, 2.24) is 0 Å². The second-order valence-electron chi connectivity index (χ2n) is 6.41. The first-order chi connectivity index (χ1) is 9.81. The maximum absolute atomic E-state index is 12.6. The summed E-state index contributed by atoms with van der Waals surface area (Å²) in [5.41, 5.74) is -0.899. The molecule has 1 N–H and O–H groups in total. The molecular weight excluding hydrogens is 268 g/mol. The molecule has 21 heavy (non-hydrogen) atoms. The van der Waals surface area contributed by atoms with Crippen molar-refractivity contribution in [2.24, 2.45) is 17.3 Å². The largest absolute Gasteiger partial charge is 0.481 e. The molecule has 0 aliphatic heterocycles. The quantitative estimate of drug-likeness (QED) is 0.457. The molecule has 2 unspecified atom stereocenters. The fraction of sp³-hybridized carbons (Fsp3) is 0.882. The van der Waals surface area contributed by atoms with E-state index in [4.69, 9.17) is 4.74 Å². The number of unbranched alkanes of at least 4 members (excludes halogenated alkanes) is 2. The average Bonchev–Trinajstić information content (AvgIpc) is 2.42. The molecule has 0 aliphatic carbocycles. The predicted molar refractivity (Wildman–Crippen MR) is 84.1 cm³/mol. The number of aliphatic carboxylic acids is 1. The van der Waals surface area contributed by atoms with Crippen LogP contribution in [0.3, 0.4) is 0 Å². The van der Waals surface area contributed by atoms with E-state index in [1.54, 1.807) is 6.92 Å². The molecule has 0 radical (unpaired) electrons. The lowest BCUT2D eigenvalue weighted by Gasteiger charge is -2.36. The first-order valence-electron chi connectivity index (χ1n) is 8.21. The van der Waals surface area contributed by atoms with E-state index in [9.17, 15) is 14.7 Å². The molecule has 0 aliphatic rings. The average molecular weight is 300 g/mol. The van der Waals surface area contributed by atoms with Crippen molar-refractivity contribution < 1.29 is 19.4 Å². The van der Waals surface area contributed by atoms with Gasteiger partial charge in [0.2, 0.25) is 0 Å². The lowest BCUT2D eigenvalue weighted by molar-refractivity contribution is -0.169. The predicted octanol–water partition coefficient (Wildman–Crippen LogP) is 4.27. The van der Waals surface area contributed by atoms with Crippen LogP contribution in [0, 0.1) is 17.3 Å². The first kappa shape index (κ1) is 19.9. The molecule has 0 aromatic rings. The molecule has 124 valence electrons. The second kappa shape index (κ2) is 9.80. The molecular formula is C17H32O4. The standard InChI is InChI=1S/C17H32O4/c1-6-8-10-17(12-13(3)4,14(5)15(18)19)16(20)21-11-9-7-2/h13-14H,6-12H2,1-5H3,(H,18,19). The van der Waals surface area contributed by atoms with Gasteiger partial charge >= 0.3 is 11.9 Å². The van der Waals surface area contributed by atoms with Gasteiger partial charge in [-0.1, -0.05) is 53.9 Å². The highest BCUT2D eigenvalue weighted by Crippen LogP contribution is 2.41. The minimum absolute atomic E-state index is 0.252. The van der Waals surface area contributed by atoms with Gasteiger partial charge in [-0.05, 0) is 25.2 Å². The maximum atomic E-state index is 12.6. The summed E-state index contributed by atoms with van der Waals surface area (Å²) in [5.74, 6) is -1.71. The molecule has 0 spiro atoms. The van der Waals surface area contributed by atoms with Crippen LogP contribution < -0.4 is 0 Å². The van der Waals surface area contributed by atoms with E-state index in [2.05, 4.69) is 0 Å². The molecule has 4 nitrogen and oxygen atoms in total. The Morgan fingerprint density at radius 1 is 1.10 bits per heavy atom. The minimum Gasteiger partial charge on any atom is -0.481 e. The van der Waals surface area contributed by atoms with Gasteiger partial charge < -0.3 is 9.84 Å². The number of hydrogen-bond donors (Lipinski definition) is 1. The Morgan fingerprint density at radius 2 is 1.67 bits per heavy atom. The van der Waals surface area contributed by atoms with Crippen LogP contribution in [0.15, 0.2) is 0 Å². The van der Waals surface area contributed by atoms with Crippen LogP contribution in [-0.2, 0) is 14.3 Å². The van der Waals surface area contributed by atoms with Crippen molar-refractivity contribution in [1.29, 1.82) is 0 Å². The van der Waals surface area contributed by atoms with Crippen molar-refractivity contribution in [3.63, 3.8) is 0 Å². The highest BCUT2D eigenvalue weighted by Gasteiger charge is 2.47. The number of esters is 1. The minimum atomic E-state index is -0.917. The molecule has 0 saturated carbocycles. The van der Waals surface area contributed by atoms with Gasteiger partial charge in [0.1, 0.15) is 0 Å². The molecule has 0 aromatic carbocycles. The van der Waals surface area contributed by atoms with Crippen LogP contribution in [0.5, 0.6) is 0 Å². The summed E-state index contributed by atoms with van der Waals surface area (Å²) in [4.78, 5) is 24.2. The molecule has 4 heteroatoms. The van der Waals surface area contributed by atoms with Crippen LogP contribution in [-0.4, -0.2) is 23.7 Å². The number of rotatable bonds is 11. The Kier molecular flexibility index (Phi) is 9.31. The lowest BCUT2D eigenvalue weighted by atomic mass is 9.67. The highest BCUT2D eigenvalue weighted by molar-refractivity contribution is 5.84. The summed E-state index contributed by atoms with van der Waals surface area (Å²) < 4.78 is 5.41. The van der Waals surface area contributed by atoms with E-state index in [1.807, 2.05) is 27.7 Å². The second-order valence-corrected chi connectivity index (χ2v) is 6.41. The number of carboxylic acids is 1. The van der Waals surface area contributed by atoms with Gasteiger partial charge in [-0.25, -0.2) is 0 Å². The van der Waals surface area contributed by atoms with Gasteiger partial charge in [-0.15, -0.1) is 0 Å². The molecule has 0 fully saturated rings. The summed E-state index contributed by atoms with van der Waals surface area (Å²) in [5, 5.41) is 9.44. The molecule has 0 saturated heterocycles. The van der Waals surface area contributed by atoms with Crippen LogP contribution in [0.1, 0.15) is 73.1 Å². The summed E-state index contributed by atoms with van der Waals surface area (Å²) in [6, 6.07) is 0. The topological polar surface area (TPSA) is 63.6 Å². The zero-order chi connectivity index (χ0) is 16.5. The first-order valence-corrected chi connectivity index (χ1v) is 8.21. The van der Waals surface area contributed by atoms with Crippen molar-refractivity contribution in [2.45, 2.75) is 73.1 Å². The fourth-order valence-corrected chi connectivity index (χ4v) is 2.77. The summed E-state index contributed by atoms with van der Waals surface area (Å²) in [7, 11) is 0. The van der Waals surface area contributed by atoms with E-state index >= 15 is 0 Å². The Bertz CT molecular complexity index is 325. The summed E-state index contributed by atoms with van der Waals surface area (Å²) >= 11 is 0. The van der Waals surface area contributed by atoms with E-state index in [-0.39, 0.29) is 11.9 Å². The van der Waals surface area contributed by atoms with Crippen LogP contribution in [0.4, 0.5) is 0 Å². The van der Waals surface area contributed by atoms with Gasteiger partial charge in [-0.2, -0.15) is 0 Å². The molecule has 0 bridgehead atoms. The maximum Gasteiger partial charge on any atom is 0.312 e. The van der Waals surface area contributed by atoms with Gasteiger partial charge in [0.25, 0.3) is 0 Å². The van der Waals surface area contributed by atoms with E-state index < -0.39 is 17.3 Å². The van der Waals surface area contributed by atoms with Gasteiger partial charge in [0, 0.05) is 0 Å². The third-order valence-corrected chi connectivity index (χ3v) is 4.09. The number of carbonyl (C=O) groups excluding carboxylic acids is 1. The molecule has 0 rings (SSSR count). The lowest BCUT2D eigenvalue weighted by Crippen LogP contribution is -2.43. The van der Waals surface area contributed by atoms with E-state index in [0.29, 0.717) is 19.4 Å². The summed E-state index contributed by atoms with van der Waals surface area (Å²) in [6.07, 6.45) is 4.69. The van der Waals surface area contributed by atoms with Gasteiger partial charge in [0.05, 0.1) is 17.9 Å². The van der Waals surface area contributed by atoms with Crippen LogP contribution >= 0.6 is 0 Å². The Labute approximate surface area is 129 Å². The third-order valence-electron chi connectivity index (χ3n) is 4.09. The van der Waals surface area contributed by atoms with Gasteiger partial charge in [0.15, 0.2) is 0 Å². The molecule has 0 heterocycles. The van der Waals surface area contributed by atoms with E-state index in [1.165, 1.54) is 0 Å². The van der Waals surface area contributed by atoms with Crippen LogP contribution in [0.25, 0.3) is 0 Å². The van der Waals surface area contributed by atoms with E-state index in [0.717, 1.165) is 25.7 Å². The molecule has 0 aromatic heterocycles. The van der Waals surface area contributed by atoms with Crippen molar-refractivity contribution in [2.75, 3.05) is 6.61 Å². The number of carboxylic acid groups (broad SMARTS) is 1. The Morgan fingerprint density at radius 3 is 2.10 bits per heavy atom. The normalized spacial score (nSPS) is 15.5.